The first-order valence-electron chi connectivity index (χ1n) is 9.21. The Hall–Kier alpha value is -2.66. The van der Waals surface area contributed by atoms with Crippen LogP contribution in [-0.2, 0) is 12.0 Å². The van der Waals surface area contributed by atoms with Gasteiger partial charge >= 0.3 is 0 Å². The zero-order valence-electron chi connectivity index (χ0n) is 14.5. The van der Waals surface area contributed by atoms with Crippen LogP contribution in [0.25, 0.3) is 0 Å². The molecule has 2 aromatic carbocycles. The molecule has 3 aliphatic rings. The summed E-state index contributed by atoms with van der Waals surface area (Å²) >= 11 is 0. The smallest absolute Gasteiger partial charge is 0.261 e. The first kappa shape index (κ1) is 15.6. The second kappa shape index (κ2) is 5.68. The predicted molar refractivity (Wildman–Crippen MR) is 99.4 cm³/mol. The Labute approximate surface area is 152 Å². The minimum atomic E-state index is -0.194. The lowest BCUT2D eigenvalue weighted by atomic mass is 9.74. The SMILES string of the molecule is O=C1c2ccccc2C(=O)N1Cc1ccc2c(c1)C1(CCNCC1)CN2. The monoisotopic (exact) mass is 347 g/mol. The van der Waals surface area contributed by atoms with Gasteiger partial charge in [-0.2, -0.15) is 0 Å². The van der Waals surface area contributed by atoms with Crippen LogP contribution in [0, 0.1) is 0 Å². The normalized spacial score (nSPS) is 20.2. The molecule has 0 bridgehead atoms. The fourth-order valence-corrected chi connectivity index (χ4v) is 4.56. The van der Waals surface area contributed by atoms with Crippen LogP contribution in [0.15, 0.2) is 42.5 Å². The van der Waals surface area contributed by atoms with Crippen molar-refractivity contribution in [2.24, 2.45) is 0 Å². The molecule has 0 aromatic heterocycles. The van der Waals surface area contributed by atoms with Crippen molar-refractivity contribution in [2.45, 2.75) is 24.8 Å². The number of piperidine rings is 1. The summed E-state index contributed by atoms with van der Waals surface area (Å²) in [4.78, 5) is 26.6. The molecule has 132 valence electrons. The standard InChI is InChI=1S/C21H21N3O2/c25-19-15-3-1-2-4-16(15)20(26)24(19)12-14-5-6-18-17(11-14)21(13-23-18)7-9-22-10-8-21/h1-6,11,22-23H,7-10,12-13H2. The van der Waals surface area contributed by atoms with Crippen LogP contribution in [0.3, 0.4) is 0 Å². The molecule has 26 heavy (non-hydrogen) atoms. The van der Waals surface area contributed by atoms with Gasteiger partial charge in [0.25, 0.3) is 11.8 Å². The van der Waals surface area contributed by atoms with E-state index < -0.39 is 0 Å². The van der Waals surface area contributed by atoms with E-state index in [0.29, 0.717) is 17.7 Å². The lowest BCUT2D eigenvalue weighted by Crippen LogP contribution is -2.41. The molecule has 2 aromatic rings. The highest BCUT2D eigenvalue weighted by Crippen LogP contribution is 2.43. The summed E-state index contributed by atoms with van der Waals surface area (Å²) in [5.41, 5.74) is 4.75. The molecule has 1 spiro atoms. The lowest BCUT2D eigenvalue weighted by Gasteiger charge is -2.34. The van der Waals surface area contributed by atoms with Gasteiger partial charge in [-0.15, -0.1) is 0 Å². The van der Waals surface area contributed by atoms with Gasteiger partial charge in [0.15, 0.2) is 0 Å². The average molecular weight is 347 g/mol. The number of nitrogens with zero attached hydrogens (tertiary/aromatic N) is 1. The largest absolute Gasteiger partial charge is 0.384 e. The van der Waals surface area contributed by atoms with Gasteiger partial charge in [-0.1, -0.05) is 24.3 Å². The molecule has 3 aliphatic heterocycles. The fourth-order valence-electron chi connectivity index (χ4n) is 4.56. The molecule has 5 nitrogen and oxygen atoms in total. The van der Waals surface area contributed by atoms with Crippen LogP contribution < -0.4 is 10.6 Å². The molecule has 0 atom stereocenters. The molecule has 5 rings (SSSR count). The van der Waals surface area contributed by atoms with Gasteiger partial charge in [-0.05, 0) is 55.3 Å². The average Bonchev–Trinajstić information content (AvgIpc) is 3.14. The van der Waals surface area contributed by atoms with Crippen molar-refractivity contribution in [1.29, 1.82) is 0 Å². The van der Waals surface area contributed by atoms with Crippen molar-refractivity contribution in [3.05, 3.63) is 64.7 Å². The number of benzene rings is 2. The van der Waals surface area contributed by atoms with Crippen molar-refractivity contribution < 1.29 is 9.59 Å². The Morgan fingerprint density at radius 2 is 1.65 bits per heavy atom. The van der Waals surface area contributed by atoms with E-state index in [1.54, 1.807) is 24.3 Å². The highest BCUT2D eigenvalue weighted by Gasteiger charge is 2.40. The molecule has 3 heterocycles. The predicted octanol–water partition coefficient (Wildman–Crippen LogP) is 2.53. The van der Waals surface area contributed by atoms with Gasteiger partial charge in [-0.3, -0.25) is 14.5 Å². The van der Waals surface area contributed by atoms with Crippen molar-refractivity contribution in [3.8, 4) is 0 Å². The number of hydrogen-bond donors (Lipinski definition) is 2. The molecule has 0 aliphatic carbocycles. The van der Waals surface area contributed by atoms with Crippen LogP contribution in [0.1, 0.15) is 44.7 Å². The number of nitrogens with one attached hydrogen (secondary N) is 2. The third kappa shape index (κ3) is 2.20. The number of carbonyl (C=O) groups excluding carboxylic acids is 2. The maximum Gasteiger partial charge on any atom is 0.261 e. The minimum absolute atomic E-state index is 0.179. The molecule has 0 unspecified atom stereocenters. The van der Waals surface area contributed by atoms with Crippen molar-refractivity contribution in [3.63, 3.8) is 0 Å². The Morgan fingerprint density at radius 3 is 2.35 bits per heavy atom. The van der Waals surface area contributed by atoms with E-state index in [1.807, 2.05) is 6.07 Å². The summed E-state index contributed by atoms with van der Waals surface area (Å²) in [6.07, 6.45) is 2.23. The first-order valence-corrected chi connectivity index (χ1v) is 9.21. The Balaban J connectivity index is 1.45. The van der Waals surface area contributed by atoms with Gasteiger partial charge in [0.1, 0.15) is 0 Å². The van der Waals surface area contributed by atoms with Crippen LogP contribution in [0.2, 0.25) is 0 Å². The van der Waals surface area contributed by atoms with E-state index in [2.05, 4.69) is 22.8 Å². The summed E-state index contributed by atoms with van der Waals surface area (Å²) in [6, 6.07) is 13.4. The number of imide groups is 1. The molecule has 1 fully saturated rings. The van der Waals surface area contributed by atoms with Crippen LogP contribution in [0.4, 0.5) is 5.69 Å². The summed E-state index contributed by atoms with van der Waals surface area (Å²) in [5, 5.41) is 6.97. The third-order valence-electron chi connectivity index (χ3n) is 6.05. The van der Waals surface area contributed by atoms with E-state index in [4.69, 9.17) is 0 Å². The van der Waals surface area contributed by atoms with Gasteiger partial charge in [0, 0.05) is 17.6 Å². The number of carbonyl (C=O) groups is 2. The highest BCUT2D eigenvalue weighted by molar-refractivity contribution is 6.21. The molecule has 2 N–H and O–H groups in total. The molecule has 2 amide bonds. The van der Waals surface area contributed by atoms with E-state index >= 15 is 0 Å². The summed E-state index contributed by atoms with van der Waals surface area (Å²) in [6.45, 7) is 3.36. The second-order valence-electron chi connectivity index (χ2n) is 7.51. The van der Waals surface area contributed by atoms with E-state index in [9.17, 15) is 9.59 Å². The number of hydrogen-bond acceptors (Lipinski definition) is 4. The molecular formula is C21H21N3O2. The lowest BCUT2D eigenvalue weighted by molar-refractivity contribution is 0.0642. The summed E-state index contributed by atoms with van der Waals surface area (Å²) < 4.78 is 0. The van der Waals surface area contributed by atoms with E-state index in [1.165, 1.54) is 16.2 Å². The van der Waals surface area contributed by atoms with Gasteiger partial charge in [0.05, 0.1) is 17.7 Å². The molecule has 1 saturated heterocycles. The Morgan fingerprint density at radius 1 is 0.962 bits per heavy atom. The van der Waals surface area contributed by atoms with Gasteiger partial charge in [-0.25, -0.2) is 0 Å². The Kier molecular flexibility index (Phi) is 3.40. The zero-order chi connectivity index (χ0) is 17.7. The van der Waals surface area contributed by atoms with Gasteiger partial charge in [0.2, 0.25) is 0 Å². The van der Waals surface area contributed by atoms with E-state index in [0.717, 1.165) is 38.0 Å². The number of fused-ring (bicyclic) bond motifs is 3. The number of amides is 2. The van der Waals surface area contributed by atoms with Crippen molar-refractivity contribution in [1.82, 2.24) is 10.2 Å². The molecular weight excluding hydrogens is 326 g/mol. The van der Waals surface area contributed by atoms with Crippen molar-refractivity contribution in [2.75, 3.05) is 25.0 Å². The minimum Gasteiger partial charge on any atom is -0.384 e. The molecule has 0 radical (unpaired) electrons. The van der Waals surface area contributed by atoms with E-state index in [-0.39, 0.29) is 17.2 Å². The summed E-state index contributed by atoms with van der Waals surface area (Å²) in [5.74, 6) is -0.387. The number of rotatable bonds is 2. The molecule has 5 heteroatoms. The van der Waals surface area contributed by atoms with Crippen molar-refractivity contribution >= 4 is 17.5 Å². The maximum absolute atomic E-state index is 12.6. The number of anilines is 1. The topological polar surface area (TPSA) is 61.4 Å². The first-order chi connectivity index (χ1) is 12.7. The zero-order valence-corrected chi connectivity index (χ0v) is 14.5. The molecule has 0 saturated carbocycles. The third-order valence-corrected chi connectivity index (χ3v) is 6.05. The quantitative estimate of drug-likeness (QED) is 0.820. The maximum atomic E-state index is 12.6. The fraction of sp³-hybridized carbons (Fsp3) is 0.333. The summed E-state index contributed by atoms with van der Waals surface area (Å²) in [7, 11) is 0. The Bertz CT molecular complexity index is 875. The van der Waals surface area contributed by atoms with Gasteiger partial charge < -0.3 is 10.6 Å². The highest BCUT2D eigenvalue weighted by atomic mass is 16.2. The van der Waals surface area contributed by atoms with Crippen LogP contribution in [-0.4, -0.2) is 36.3 Å². The second-order valence-corrected chi connectivity index (χ2v) is 7.51. The van der Waals surface area contributed by atoms with Crippen LogP contribution in [0.5, 0.6) is 0 Å². The van der Waals surface area contributed by atoms with Crippen LogP contribution >= 0.6 is 0 Å².